The molecule has 3 aliphatic rings. The molecule has 4 N–H and O–H groups in total. The highest BCUT2D eigenvalue weighted by atomic mass is 19.3. The molecule has 10 heteroatoms. The van der Waals surface area contributed by atoms with E-state index in [4.69, 9.17) is 0 Å². The van der Waals surface area contributed by atoms with Crippen molar-refractivity contribution in [2.45, 2.75) is 69.0 Å². The number of hydrogen-bond acceptors (Lipinski definition) is 4. The number of hydrogen-bond donors (Lipinski definition) is 4. The molecule has 8 nitrogen and oxygen atoms in total. The minimum Gasteiger partial charge on any atom is -0.355 e. The van der Waals surface area contributed by atoms with Gasteiger partial charge in [-0.15, -0.1) is 0 Å². The number of nitriles is 1. The Labute approximate surface area is 178 Å². The fourth-order valence-electron chi connectivity index (χ4n) is 4.26. The lowest BCUT2D eigenvalue weighted by atomic mass is 9.95. The fraction of sp³-hybridized carbons (Fsp3) is 0.619. The Balaban J connectivity index is 1.39. The number of aryl methyl sites for hydroxylation is 1. The van der Waals surface area contributed by atoms with Crippen LogP contribution in [0.5, 0.6) is 0 Å². The van der Waals surface area contributed by atoms with Crippen molar-refractivity contribution in [3.63, 3.8) is 0 Å². The second-order valence-electron chi connectivity index (χ2n) is 9.08. The van der Waals surface area contributed by atoms with Crippen molar-refractivity contribution in [3.05, 3.63) is 23.5 Å². The first-order valence-electron chi connectivity index (χ1n) is 10.5. The average molecular weight is 433 g/mol. The van der Waals surface area contributed by atoms with E-state index in [1.165, 1.54) is 6.07 Å². The van der Waals surface area contributed by atoms with Gasteiger partial charge in [-0.25, -0.2) is 8.78 Å². The van der Waals surface area contributed by atoms with Crippen LogP contribution in [0.4, 0.5) is 8.78 Å². The van der Waals surface area contributed by atoms with E-state index in [9.17, 15) is 28.4 Å². The highest BCUT2D eigenvalue weighted by Crippen LogP contribution is 2.51. The molecule has 2 heterocycles. The number of aromatic nitrogens is 1. The molecular formula is C21H25F2N5O3. The Hall–Kier alpha value is -2.96. The molecule has 3 amide bonds. The smallest absolute Gasteiger partial charge is 0.268 e. The zero-order chi connectivity index (χ0) is 22.4. The minimum absolute atomic E-state index is 0.128. The summed E-state index contributed by atoms with van der Waals surface area (Å²) in [4.78, 5) is 40.3. The summed E-state index contributed by atoms with van der Waals surface area (Å²) >= 11 is 0. The van der Waals surface area contributed by atoms with Crippen molar-refractivity contribution in [2.75, 3.05) is 0 Å². The molecule has 0 aromatic carbocycles. The van der Waals surface area contributed by atoms with Gasteiger partial charge in [0.2, 0.25) is 11.8 Å². The Kier molecular flexibility index (Phi) is 5.23. The highest BCUT2D eigenvalue weighted by molar-refractivity contribution is 5.96. The first-order valence-corrected chi connectivity index (χ1v) is 10.5. The van der Waals surface area contributed by atoms with E-state index >= 15 is 0 Å². The molecule has 0 radical (unpaired) electrons. The van der Waals surface area contributed by atoms with E-state index in [0.717, 1.165) is 18.5 Å². The lowest BCUT2D eigenvalue weighted by molar-refractivity contribution is -0.125. The summed E-state index contributed by atoms with van der Waals surface area (Å²) in [5, 5.41) is 17.5. The van der Waals surface area contributed by atoms with Gasteiger partial charge in [-0.05, 0) is 51.2 Å². The van der Waals surface area contributed by atoms with Gasteiger partial charge in [0.15, 0.2) is 0 Å². The van der Waals surface area contributed by atoms with Crippen LogP contribution in [0.15, 0.2) is 12.1 Å². The summed E-state index contributed by atoms with van der Waals surface area (Å²) in [7, 11) is 0. The topological polar surface area (TPSA) is 127 Å². The molecule has 1 aromatic rings. The van der Waals surface area contributed by atoms with Crippen molar-refractivity contribution in [1.29, 1.82) is 5.26 Å². The number of amides is 3. The van der Waals surface area contributed by atoms with Crippen LogP contribution in [-0.4, -0.2) is 46.3 Å². The molecule has 4 atom stereocenters. The first kappa shape index (κ1) is 21.3. The van der Waals surface area contributed by atoms with Gasteiger partial charge in [0.25, 0.3) is 11.8 Å². The third-order valence-electron chi connectivity index (χ3n) is 6.42. The van der Waals surface area contributed by atoms with Crippen LogP contribution in [0.25, 0.3) is 0 Å². The summed E-state index contributed by atoms with van der Waals surface area (Å²) < 4.78 is 26.9. The van der Waals surface area contributed by atoms with Crippen molar-refractivity contribution in [3.8, 4) is 6.07 Å². The lowest BCUT2D eigenvalue weighted by Gasteiger charge is -2.21. The van der Waals surface area contributed by atoms with E-state index < -0.39 is 35.7 Å². The van der Waals surface area contributed by atoms with Crippen molar-refractivity contribution < 1.29 is 23.2 Å². The van der Waals surface area contributed by atoms with Crippen LogP contribution in [0.2, 0.25) is 0 Å². The number of carbonyl (C=O) groups excluding carboxylic acids is 3. The number of nitrogens with one attached hydrogen (secondary N) is 4. The maximum atomic E-state index is 13.5. The number of carbonyl (C=O) groups is 3. The van der Waals surface area contributed by atoms with Crippen molar-refractivity contribution in [2.24, 2.45) is 11.8 Å². The number of alkyl halides is 2. The molecule has 4 rings (SSSR count). The summed E-state index contributed by atoms with van der Waals surface area (Å²) in [5.41, 5.74) is 0.813. The van der Waals surface area contributed by atoms with Crippen LogP contribution in [0, 0.1) is 30.1 Å². The van der Waals surface area contributed by atoms with Gasteiger partial charge in [0, 0.05) is 29.5 Å². The van der Waals surface area contributed by atoms with Gasteiger partial charge in [0.1, 0.15) is 17.8 Å². The molecule has 3 fully saturated rings. The third-order valence-corrected chi connectivity index (χ3v) is 6.42. The van der Waals surface area contributed by atoms with Gasteiger partial charge in [-0.3, -0.25) is 14.4 Å². The number of halogens is 2. The second-order valence-corrected chi connectivity index (χ2v) is 9.08. The Bertz CT molecular complexity index is 949. The van der Waals surface area contributed by atoms with Gasteiger partial charge in [-0.1, -0.05) is 0 Å². The third kappa shape index (κ3) is 4.70. The SMILES string of the molecule is Cc1ccc(C(=O)NC(CC2CC2(F)F)C(=O)NC(C#N)CC2CC3(CC3)NC2=O)[nH]1. The molecule has 4 unspecified atom stereocenters. The van der Waals surface area contributed by atoms with Gasteiger partial charge in [0.05, 0.1) is 6.07 Å². The Morgan fingerprint density at radius 1 is 1.26 bits per heavy atom. The van der Waals surface area contributed by atoms with Gasteiger partial charge in [-0.2, -0.15) is 5.26 Å². The largest absolute Gasteiger partial charge is 0.355 e. The number of rotatable bonds is 8. The maximum Gasteiger partial charge on any atom is 0.268 e. The zero-order valence-electron chi connectivity index (χ0n) is 17.1. The van der Waals surface area contributed by atoms with E-state index in [1.807, 2.05) is 6.07 Å². The second kappa shape index (κ2) is 7.62. The molecule has 2 saturated carbocycles. The molecule has 2 aliphatic carbocycles. The normalized spacial score (nSPS) is 26.5. The molecule has 1 aromatic heterocycles. The average Bonchev–Trinajstić information content (AvgIpc) is 3.47. The minimum atomic E-state index is -2.85. The van der Waals surface area contributed by atoms with E-state index in [0.29, 0.717) is 6.42 Å². The predicted molar refractivity (Wildman–Crippen MR) is 105 cm³/mol. The predicted octanol–water partition coefficient (Wildman–Crippen LogP) is 1.53. The number of H-pyrrole nitrogens is 1. The number of nitrogens with zero attached hydrogens (tertiary/aromatic N) is 1. The van der Waals surface area contributed by atoms with Crippen LogP contribution < -0.4 is 16.0 Å². The standard InChI is InChI=1S/C21H25F2N5O3/c1-11-2-3-15(25-11)18(30)27-16(7-13-9-21(13,22)23)19(31)26-14(10-24)6-12-8-20(4-5-20)28-17(12)29/h2-3,12-14,16,25H,4-9H2,1H3,(H,26,31)(H,27,30)(H,28,29). The first-order chi connectivity index (χ1) is 14.6. The molecule has 1 aliphatic heterocycles. The molecule has 1 saturated heterocycles. The van der Waals surface area contributed by atoms with Crippen LogP contribution >= 0.6 is 0 Å². The summed E-state index contributed by atoms with van der Waals surface area (Å²) in [6, 6.07) is 3.03. The van der Waals surface area contributed by atoms with E-state index in [2.05, 4.69) is 20.9 Å². The van der Waals surface area contributed by atoms with Crippen molar-refractivity contribution in [1.82, 2.24) is 20.9 Å². The lowest BCUT2D eigenvalue weighted by Crippen LogP contribution is -2.50. The Morgan fingerprint density at radius 3 is 2.48 bits per heavy atom. The van der Waals surface area contributed by atoms with Gasteiger partial charge >= 0.3 is 0 Å². The highest BCUT2D eigenvalue weighted by Gasteiger charge is 2.57. The molecular weight excluding hydrogens is 408 g/mol. The monoisotopic (exact) mass is 433 g/mol. The van der Waals surface area contributed by atoms with Crippen LogP contribution in [0.3, 0.4) is 0 Å². The van der Waals surface area contributed by atoms with Gasteiger partial charge < -0.3 is 20.9 Å². The van der Waals surface area contributed by atoms with Crippen LogP contribution in [-0.2, 0) is 9.59 Å². The molecule has 0 bridgehead atoms. The summed E-state index contributed by atoms with van der Waals surface area (Å²) in [6.45, 7) is 1.76. The fourth-order valence-corrected chi connectivity index (χ4v) is 4.26. The summed E-state index contributed by atoms with van der Waals surface area (Å²) in [5.74, 6) is -5.64. The van der Waals surface area contributed by atoms with E-state index in [-0.39, 0.29) is 42.3 Å². The molecule has 31 heavy (non-hydrogen) atoms. The number of aromatic amines is 1. The molecule has 166 valence electrons. The zero-order valence-corrected chi connectivity index (χ0v) is 17.1. The Morgan fingerprint density at radius 2 is 1.97 bits per heavy atom. The molecule has 1 spiro atoms. The quantitative estimate of drug-likeness (QED) is 0.496. The maximum absolute atomic E-state index is 13.5. The van der Waals surface area contributed by atoms with E-state index in [1.54, 1.807) is 13.0 Å². The van der Waals surface area contributed by atoms with Crippen LogP contribution in [0.1, 0.15) is 54.7 Å². The van der Waals surface area contributed by atoms with Crippen molar-refractivity contribution >= 4 is 17.7 Å². The summed E-state index contributed by atoms with van der Waals surface area (Å²) in [6.07, 6.45) is 2.05.